The summed E-state index contributed by atoms with van der Waals surface area (Å²) in [5.74, 6) is 0. The van der Waals surface area contributed by atoms with Gasteiger partial charge in [0.2, 0.25) is 0 Å². The van der Waals surface area contributed by atoms with E-state index >= 15 is 0 Å². The lowest BCUT2D eigenvalue weighted by Crippen LogP contribution is -2.13. The third kappa shape index (κ3) is 38.8. The molecule has 0 N–H and O–H groups in total. The number of rotatable bonds is 36. The van der Waals surface area contributed by atoms with E-state index in [0.29, 0.717) is 6.61 Å². The number of hydrogen-bond acceptors (Lipinski definition) is 3. The smallest absolute Gasteiger partial charge is 0.488 e. The molecule has 0 aromatic carbocycles. The van der Waals surface area contributed by atoms with Crippen LogP contribution in [-0.2, 0) is 9.09 Å². The standard InChI is InChI=1S/C32H68P.C8H17O3P/c1-5-9-13-17-18-19-20-21-22-23-24-28-32-33(29-25-14-10-6-2,30-26-15-11-7-3)31-27-16-12-8-4;1-2-3-4-5-6-7-8-11-12(9)10/h5-32H2,1-4H3;2-8H2,1H3/q+1;. The van der Waals surface area contributed by atoms with Crippen molar-refractivity contribution in [1.82, 2.24) is 0 Å². The lowest BCUT2D eigenvalue weighted by molar-refractivity contribution is -0.185. The van der Waals surface area contributed by atoms with E-state index in [2.05, 4.69) is 39.1 Å². The average Bonchev–Trinajstić information content (AvgIpc) is 3.03. The van der Waals surface area contributed by atoms with E-state index in [1.165, 1.54) is 154 Å². The Hall–Kier alpha value is 0.450. The van der Waals surface area contributed by atoms with Crippen LogP contribution in [0.25, 0.3) is 0 Å². The molecule has 45 heavy (non-hydrogen) atoms. The van der Waals surface area contributed by atoms with Gasteiger partial charge in [-0.05, 0) is 62.4 Å². The summed E-state index contributed by atoms with van der Waals surface area (Å²) in [5.41, 5.74) is 0. The van der Waals surface area contributed by atoms with Gasteiger partial charge in [-0.15, -0.1) is 4.52 Å². The molecule has 0 aliphatic carbocycles. The minimum atomic E-state index is -2.63. The highest BCUT2D eigenvalue weighted by Crippen LogP contribution is 2.61. The van der Waals surface area contributed by atoms with Gasteiger partial charge in [0.25, 0.3) is 0 Å². The van der Waals surface area contributed by atoms with E-state index in [1.807, 2.05) is 0 Å². The molecule has 0 amide bonds. The fourth-order valence-electron chi connectivity index (χ4n) is 6.60. The molecule has 0 bridgehead atoms. The second kappa shape index (κ2) is 40.6. The molecule has 0 rings (SSSR count). The Labute approximate surface area is 287 Å². The molecule has 1 unspecified atom stereocenters. The van der Waals surface area contributed by atoms with Gasteiger partial charge in [0.15, 0.2) is 0 Å². The van der Waals surface area contributed by atoms with Crippen molar-refractivity contribution in [1.29, 1.82) is 0 Å². The predicted molar refractivity (Wildman–Crippen MR) is 207 cm³/mol. The van der Waals surface area contributed by atoms with Crippen molar-refractivity contribution in [3.8, 4) is 0 Å². The summed E-state index contributed by atoms with van der Waals surface area (Å²) in [7, 11) is -3.32. The Morgan fingerprint density at radius 1 is 0.378 bits per heavy atom. The third-order valence-corrected chi connectivity index (χ3v) is 15.1. The van der Waals surface area contributed by atoms with E-state index < -0.39 is 15.5 Å². The first kappa shape index (κ1) is 47.6. The van der Waals surface area contributed by atoms with Gasteiger partial charge in [0.05, 0.1) is 24.6 Å². The van der Waals surface area contributed by atoms with Gasteiger partial charge < -0.3 is 4.89 Å². The summed E-state index contributed by atoms with van der Waals surface area (Å²) in [6.45, 7) is 11.9. The zero-order chi connectivity index (χ0) is 33.5. The van der Waals surface area contributed by atoms with Crippen molar-refractivity contribution in [3.63, 3.8) is 0 Å². The molecule has 0 aromatic rings. The molecule has 272 valence electrons. The Kier molecular flexibility index (Phi) is 42.9. The molecule has 0 heterocycles. The van der Waals surface area contributed by atoms with Crippen molar-refractivity contribution < 1.29 is 14.0 Å². The Morgan fingerprint density at radius 2 is 0.600 bits per heavy atom. The van der Waals surface area contributed by atoms with Crippen LogP contribution >= 0.6 is 15.5 Å². The molecule has 1 atom stereocenters. The Bertz CT molecular complexity index is 526. The molecule has 0 spiro atoms. The molecule has 5 heteroatoms. The first-order valence-corrected chi connectivity index (χ1v) is 24.3. The van der Waals surface area contributed by atoms with Crippen LogP contribution in [0, 0.1) is 0 Å². The van der Waals surface area contributed by atoms with Crippen LogP contribution in [0.3, 0.4) is 0 Å². The molecule has 0 aliphatic heterocycles. The van der Waals surface area contributed by atoms with Gasteiger partial charge in [-0.3, -0.25) is 0 Å². The molecule has 0 saturated heterocycles. The first-order valence-electron chi connectivity index (χ1n) is 20.6. The topological polar surface area (TPSA) is 49.4 Å². The van der Waals surface area contributed by atoms with E-state index in [0.717, 1.165) is 12.8 Å². The van der Waals surface area contributed by atoms with E-state index in [4.69, 9.17) is 0 Å². The molecular formula is C40H85O3P2+. The van der Waals surface area contributed by atoms with Crippen LogP contribution in [0.1, 0.15) is 227 Å². The lowest BCUT2D eigenvalue weighted by Gasteiger charge is -2.28. The second-order valence-electron chi connectivity index (χ2n) is 14.1. The monoisotopic (exact) mass is 676 g/mol. The van der Waals surface area contributed by atoms with Gasteiger partial charge in [0, 0.05) is 7.26 Å². The van der Waals surface area contributed by atoms with Gasteiger partial charge in [-0.25, -0.2) is 0 Å². The molecule has 0 fully saturated rings. The molecular weight excluding hydrogens is 590 g/mol. The lowest BCUT2D eigenvalue weighted by atomic mass is 10.1. The molecule has 0 aliphatic rings. The minimum absolute atomic E-state index is 0.352. The van der Waals surface area contributed by atoms with Crippen LogP contribution in [-0.4, -0.2) is 31.3 Å². The summed E-state index contributed by atoms with van der Waals surface area (Å²) < 4.78 is 14.4. The van der Waals surface area contributed by atoms with Gasteiger partial charge in [0.1, 0.15) is 6.61 Å². The zero-order valence-corrected chi connectivity index (χ0v) is 33.7. The van der Waals surface area contributed by atoms with E-state index in [1.54, 1.807) is 50.3 Å². The largest absolute Gasteiger partial charge is 0.566 e. The molecule has 0 aromatic heterocycles. The van der Waals surface area contributed by atoms with Crippen molar-refractivity contribution >= 4 is 15.5 Å². The highest BCUT2D eigenvalue weighted by atomic mass is 31.2. The van der Waals surface area contributed by atoms with E-state index in [-0.39, 0.29) is 0 Å². The normalized spacial score (nSPS) is 11.9. The van der Waals surface area contributed by atoms with Crippen molar-refractivity contribution in [3.05, 3.63) is 0 Å². The predicted octanol–water partition coefficient (Wildman–Crippen LogP) is 14.8. The van der Waals surface area contributed by atoms with Crippen LogP contribution < -0.4 is 4.89 Å². The van der Waals surface area contributed by atoms with Crippen LogP contribution in [0.5, 0.6) is 0 Å². The summed E-state index contributed by atoms with van der Waals surface area (Å²) >= 11 is 0. The quantitative estimate of drug-likeness (QED) is 0.0490. The summed E-state index contributed by atoms with van der Waals surface area (Å²) in [5, 5.41) is 0. The van der Waals surface area contributed by atoms with Crippen LogP contribution in [0.4, 0.5) is 0 Å². The Balaban J connectivity index is 0. The summed E-state index contributed by atoms with van der Waals surface area (Å²) in [6.07, 6.45) is 49.0. The SMILES string of the molecule is CCCCCCCCCCCCCC[P+](CCCCCC)(CCCCCC)CCCCCC.CCCCCCCCO[P+](=O)[O-]. The summed E-state index contributed by atoms with van der Waals surface area (Å²) in [4.78, 5) is 9.95. The van der Waals surface area contributed by atoms with Crippen molar-refractivity contribution in [2.24, 2.45) is 0 Å². The highest BCUT2D eigenvalue weighted by Gasteiger charge is 2.34. The molecule has 0 saturated carbocycles. The maximum Gasteiger partial charge on any atom is 0.488 e. The second-order valence-corrected chi connectivity index (χ2v) is 19.3. The first-order chi connectivity index (χ1) is 22.0. The maximum atomic E-state index is 9.95. The summed E-state index contributed by atoms with van der Waals surface area (Å²) in [6, 6.07) is 0. The van der Waals surface area contributed by atoms with Gasteiger partial charge >= 0.3 is 8.25 Å². The van der Waals surface area contributed by atoms with Gasteiger partial charge in [-0.2, -0.15) is 0 Å². The Morgan fingerprint density at radius 3 is 0.867 bits per heavy atom. The fraction of sp³-hybridized carbons (Fsp3) is 1.00. The fourth-order valence-corrected chi connectivity index (χ4v) is 11.8. The van der Waals surface area contributed by atoms with E-state index in [9.17, 15) is 9.46 Å². The maximum absolute atomic E-state index is 9.95. The number of hydrogen-bond donors (Lipinski definition) is 0. The zero-order valence-electron chi connectivity index (χ0n) is 31.9. The van der Waals surface area contributed by atoms with Crippen LogP contribution in [0.2, 0.25) is 0 Å². The highest BCUT2D eigenvalue weighted by molar-refractivity contribution is 7.75. The minimum Gasteiger partial charge on any atom is -0.566 e. The van der Waals surface area contributed by atoms with Crippen molar-refractivity contribution in [2.45, 2.75) is 227 Å². The number of unbranched alkanes of at least 4 members (excludes halogenated alkanes) is 25. The molecule has 0 radical (unpaired) electrons. The van der Waals surface area contributed by atoms with Crippen LogP contribution in [0.15, 0.2) is 0 Å². The average molecular weight is 676 g/mol. The third-order valence-electron chi connectivity index (χ3n) is 9.64. The van der Waals surface area contributed by atoms with Crippen molar-refractivity contribution in [2.75, 3.05) is 31.3 Å². The molecule has 3 nitrogen and oxygen atoms in total. The van der Waals surface area contributed by atoms with Gasteiger partial charge in [-0.1, -0.05) is 169 Å².